The molecule has 110 valence electrons. The number of nitrogens with two attached hydrogens (primary N) is 1. The third-order valence-corrected chi connectivity index (χ3v) is 3.23. The second-order valence-corrected chi connectivity index (χ2v) is 5.12. The summed E-state index contributed by atoms with van der Waals surface area (Å²) < 4.78 is 5.82. The number of pyridine rings is 1. The molecule has 0 aliphatic heterocycles. The van der Waals surface area contributed by atoms with Crippen molar-refractivity contribution in [2.45, 2.75) is 26.7 Å². The molecule has 2 rings (SSSR count). The van der Waals surface area contributed by atoms with Crippen molar-refractivity contribution in [1.29, 1.82) is 0 Å². The topological polar surface area (TPSA) is 80.7 Å². The van der Waals surface area contributed by atoms with E-state index in [2.05, 4.69) is 24.0 Å². The predicted octanol–water partition coefficient (Wildman–Crippen LogP) is 3.40. The molecule has 0 saturated carbocycles. The van der Waals surface area contributed by atoms with Crippen molar-refractivity contribution in [2.24, 2.45) is 10.9 Å². The fourth-order valence-electron chi connectivity index (χ4n) is 2.02. The lowest BCUT2D eigenvalue weighted by Gasteiger charge is -2.12. The van der Waals surface area contributed by atoms with Crippen LogP contribution in [0.2, 0.25) is 0 Å². The highest BCUT2D eigenvalue weighted by atomic mass is 16.5. The van der Waals surface area contributed by atoms with Gasteiger partial charge in [-0.15, -0.1) is 0 Å². The summed E-state index contributed by atoms with van der Waals surface area (Å²) in [6.45, 7) is 6.09. The summed E-state index contributed by atoms with van der Waals surface area (Å²) in [6.07, 6.45) is 1.63. The van der Waals surface area contributed by atoms with E-state index in [4.69, 9.17) is 15.7 Å². The van der Waals surface area contributed by atoms with Crippen LogP contribution in [0.15, 0.2) is 41.7 Å². The maximum absolute atomic E-state index is 8.90. The molecule has 0 saturated heterocycles. The quantitative estimate of drug-likeness (QED) is 0.390. The Labute approximate surface area is 124 Å². The van der Waals surface area contributed by atoms with Crippen LogP contribution in [0.25, 0.3) is 0 Å². The van der Waals surface area contributed by atoms with Gasteiger partial charge in [0.2, 0.25) is 5.88 Å². The molecule has 21 heavy (non-hydrogen) atoms. The Morgan fingerprint density at radius 2 is 2.10 bits per heavy atom. The van der Waals surface area contributed by atoms with E-state index >= 15 is 0 Å². The molecule has 0 amide bonds. The molecule has 0 aliphatic carbocycles. The molecule has 0 bridgehead atoms. The summed E-state index contributed by atoms with van der Waals surface area (Å²) in [7, 11) is 0. The van der Waals surface area contributed by atoms with Gasteiger partial charge >= 0.3 is 0 Å². The highest BCUT2D eigenvalue weighted by molar-refractivity contribution is 6.00. The normalized spacial score (nSPS) is 11.7. The molecule has 3 N–H and O–H groups in total. The molecule has 0 aliphatic rings. The van der Waals surface area contributed by atoms with Crippen LogP contribution in [0, 0.1) is 6.92 Å². The van der Waals surface area contributed by atoms with Gasteiger partial charge in [0.1, 0.15) is 5.75 Å². The largest absolute Gasteiger partial charge is 0.438 e. The van der Waals surface area contributed by atoms with Crippen LogP contribution in [0.5, 0.6) is 11.6 Å². The summed E-state index contributed by atoms with van der Waals surface area (Å²) in [4.78, 5) is 4.18. The van der Waals surface area contributed by atoms with Crippen molar-refractivity contribution in [2.75, 3.05) is 0 Å². The number of ether oxygens (including phenoxy) is 1. The number of hydrogen-bond donors (Lipinski definition) is 2. The monoisotopic (exact) mass is 285 g/mol. The zero-order valence-corrected chi connectivity index (χ0v) is 12.4. The van der Waals surface area contributed by atoms with E-state index in [0.717, 1.165) is 5.56 Å². The Morgan fingerprint density at radius 3 is 2.76 bits per heavy atom. The molecule has 2 aromatic rings. The fraction of sp³-hybridized carbons (Fsp3) is 0.250. The maximum Gasteiger partial charge on any atom is 0.230 e. The SMILES string of the molecule is Cc1ccnc(Oc2cccc(C(C)C)c2)c1/C(N)=N/O. The minimum atomic E-state index is -0.0179. The Hall–Kier alpha value is -2.56. The smallest absolute Gasteiger partial charge is 0.230 e. The molecule has 1 aromatic carbocycles. The lowest BCUT2D eigenvalue weighted by molar-refractivity contribution is 0.318. The summed E-state index contributed by atoms with van der Waals surface area (Å²) in [6, 6.07) is 9.58. The van der Waals surface area contributed by atoms with Crippen molar-refractivity contribution in [3.05, 3.63) is 53.2 Å². The maximum atomic E-state index is 8.90. The summed E-state index contributed by atoms with van der Waals surface area (Å²) >= 11 is 0. The molecule has 1 heterocycles. The molecule has 5 nitrogen and oxygen atoms in total. The van der Waals surface area contributed by atoms with Crippen molar-refractivity contribution in [1.82, 2.24) is 4.98 Å². The number of benzene rings is 1. The lowest BCUT2D eigenvalue weighted by Crippen LogP contribution is -2.16. The molecule has 0 spiro atoms. The molecule has 0 radical (unpaired) electrons. The number of aromatic nitrogens is 1. The van der Waals surface area contributed by atoms with Crippen LogP contribution in [0.1, 0.15) is 36.5 Å². The van der Waals surface area contributed by atoms with E-state index in [1.807, 2.05) is 31.2 Å². The first-order chi connectivity index (χ1) is 10.0. The predicted molar refractivity (Wildman–Crippen MR) is 82.1 cm³/mol. The van der Waals surface area contributed by atoms with Gasteiger partial charge in [0.25, 0.3) is 0 Å². The Kier molecular flexibility index (Phi) is 4.42. The number of nitrogens with zero attached hydrogens (tertiary/aromatic N) is 2. The third kappa shape index (κ3) is 3.31. The van der Waals surface area contributed by atoms with Gasteiger partial charge in [-0.25, -0.2) is 4.98 Å². The first-order valence-electron chi connectivity index (χ1n) is 6.74. The molecule has 0 unspecified atom stereocenters. The zero-order valence-electron chi connectivity index (χ0n) is 12.4. The first-order valence-corrected chi connectivity index (χ1v) is 6.74. The van der Waals surface area contributed by atoms with Crippen molar-refractivity contribution < 1.29 is 9.94 Å². The summed E-state index contributed by atoms with van der Waals surface area (Å²) in [5, 5.41) is 11.9. The summed E-state index contributed by atoms with van der Waals surface area (Å²) in [5.74, 6) is 1.38. The van der Waals surface area contributed by atoms with E-state index in [1.54, 1.807) is 12.3 Å². The van der Waals surface area contributed by atoms with Crippen LogP contribution in [0.3, 0.4) is 0 Å². The van der Waals surface area contributed by atoms with Gasteiger partial charge < -0.3 is 15.7 Å². The van der Waals surface area contributed by atoms with Crippen LogP contribution in [0.4, 0.5) is 0 Å². The Bertz CT molecular complexity index is 666. The average molecular weight is 285 g/mol. The van der Waals surface area contributed by atoms with Gasteiger partial charge in [-0.3, -0.25) is 0 Å². The molecule has 0 fully saturated rings. The second kappa shape index (κ2) is 6.26. The van der Waals surface area contributed by atoms with E-state index in [9.17, 15) is 0 Å². The molecular weight excluding hydrogens is 266 g/mol. The van der Waals surface area contributed by atoms with Gasteiger partial charge in [-0.1, -0.05) is 31.1 Å². The average Bonchev–Trinajstić information content (AvgIpc) is 2.47. The lowest BCUT2D eigenvalue weighted by atomic mass is 10.0. The zero-order chi connectivity index (χ0) is 15.4. The highest BCUT2D eigenvalue weighted by Gasteiger charge is 2.14. The van der Waals surface area contributed by atoms with Crippen LogP contribution in [-0.2, 0) is 0 Å². The minimum Gasteiger partial charge on any atom is -0.438 e. The molecular formula is C16H19N3O2. The molecule has 1 aromatic heterocycles. The van der Waals surface area contributed by atoms with Gasteiger partial charge in [-0.05, 0) is 42.2 Å². The Morgan fingerprint density at radius 1 is 1.33 bits per heavy atom. The van der Waals surface area contributed by atoms with Crippen molar-refractivity contribution >= 4 is 5.84 Å². The van der Waals surface area contributed by atoms with E-state index < -0.39 is 0 Å². The van der Waals surface area contributed by atoms with E-state index in [1.165, 1.54) is 5.56 Å². The van der Waals surface area contributed by atoms with Crippen molar-refractivity contribution in [3.63, 3.8) is 0 Å². The first kappa shape index (κ1) is 14.8. The van der Waals surface area contributed by atoms with Gasteiger partial charge in [-0.2, -0.15) is 0 Å². The summed E-state index contributed by atoms with van der Waals surface area (Å²) in [5.41, 5.74) is 8.20. The number of oxime groups is 1. The van der Waals surface area contributed by atoms with E-state index in [-0.39, 0.29) is 5.84 Å². The van der Waals surface area contributed by atoms with Crippen LogP contribution >= 0.6 is 0 Å². The second-order valence-electron chi connectivity index (χ2n) is 5.12. The van der Waals surface area contributed by atoms with Crippen LogP contribution in [-0.4, -0.2) is 16.0 Å². The fourth-order valence-corrected chi connectivity index (χ4v) is 2.02. The standard InChI is InChI=1S/C16H19N3O2/c1-10(2)12-5-4-6-13(9-12)21-16-14(15(17)19-20)11(3)7-8-18-16/h4-10,20H,1-3H3,(H2,17,19). The highest BCUT2D eigenvalue weighted by Crippen LogP contribution is 2.27. The number of amidine groups is 1. The van der Waals surface area contributed by atoms with Gasteiger partial charge in [0, 0.05) is 6.20 Å². The van der Waals surface area contributed by atoms with Crippen molar-refractivity contribution in [3.8, 4) is 11.6 Å². The Balaban J connectivity index is 2.40. The number of rotatable bonds is 4. The van der Waals surface area contributed by atoms with Gasteiger partial charge in [0.15, 0.2) is 5.84 Å². The number of aryl methyl sites for hydroxylation is 1. The van der Waals surface area contributed by atoms with Gasteiger partial charge in [0.05, 0.1) is 5.56 Å². The molecule has 0 atom stereocenters. The number of hydrogen-bond acceptors (Lipinski definition) is 4. The third-order valence-electron chi connectivity index (χ3n) is 3.23. The van der Waals surface area contributed by atoms with Crippen LogP contribution < -0.4 is 10.5 Å². The minimum absolute atomic E-state index is 0.0179. The molecule has 5 heteroatoms. The van der Waals surface area contributed by atoms with E-state index in [0.29, 0.717) is 23.1 Å².